The minimum atomic E-state index is -3.78. The summed E-state index contributed by atoms with van der Waals surface area (Å²) in [5.41, 5.74) is 0.474. The summed E-state index contributed by atoms with van der Waals surface area (Å²) in [6, 6.07) is 12.6. The number of carbonyl (C=O) groups is 1. The molecule has 2 rings (SSSR count). The van der Waals surface area contributed by atoms with Crippen LogP contribution in [0.3, 0.4) is 0 Å². The predicted molar refractivity (Wildman–Crippen MR) is 92.9 cm³/mol. The van der Waals surface area contributed by atoms with Gasteiger partial charge in [0.2, 0.25) is 15.9 Å². The number of nitrogens with one attached hydrogen (secondary N) is 1. The standard InChI is InChI=1S/C16H17ClN2O4S/c1-19(24(21,22)13-9-7-12(17)8-10-13)11-16(20)18-14-5-3-4-6-15(14)23-2/h3-10H,11H2,1-2H3,(H,18,20). The number of sulfonamides is 1. The number of carbonyl (C=O) groups excluding carboxylic acids is 1. The molecule has 6 nitrogen and oxygen atoms in total. The summed E-state index contributed by atoms with van der Waals surface area (Å²) in [6.07, 6.45) is 0. The summed E-state index contributed by atoms with van der Waals surface area (Å²) in [7, 11) is -0.949. The van der Waals surface area contributed by atoms with Crippen molar-refractivity contribution in [1.29, 1.82) is 0 Å². The second kappa shape index (κ2) is 7.65. The first-order chi connectivity index (χ1) is 11.3. The highest BCUT2D eigenvalue weighted by atomic mass is 35.5. The molecular weight excluding hydrogens is 352 g/mol. The minimum absolute atomic E-state index is 0.0690. The molecule has 0 aromatic heterocycles. The van der Waals surface area contributed by atoms with E-state index in [1.165, 1.54) is 38.4 Å². The zero-order chi connectivity index (χ0) is 17.7. The number of hydrogen-bond acceptors (Lipinski definition) is 4. The lowest BCUT2D eigenvalue weighted by Gasteiger charge is -2.17. The van der Waals surface area contributed by atoms with Crippen molar-refractivity contribution in [3.8, 4) is 5.75 Å². The van der Waals surface area contributed by atoms with Crippen molar-refractivity contribution in [2.45, 2.75) is 4.90 Å². The molecule has 2 aromatic rings. The summed E-state index contributed by atoms with van der Waals surface area (Å²) < 4.78 is 31.0. The van der Waals surface area contributed by atoms with E-state index in [-0.39, 0.29) is 11.4 Å². The van der Waals surface area contributed by atoms with Gasteiger partial charge in [-0.1, -0.05) is 23.7 Å². The molecule has 0 atom stereocenters. The largest absolute Gasteiger partial charge is 0.495 e. The Hall–Kier alpha value is -2.09. The van der Waals surface area contributed by atoms with Crippen LogP contribution < -0.4 is 10.1 Å². The van der Waals surface area contributed by atoms with Crippen LogP contribution in [0.25, 0.3) is 0 Å². The highest BCUT2D eigenvalue weighted by Gasteiger charge is 2.23. The molecule has 0 aliphatic heterocycles. The number of benzene rings is 2. The van der Waals surface area contributed by atoms with Gasteiger partial charge >= 0.3 is 0 Å². The third kappa shape index (κ3) is 4.25. The molecule has 0 aliphatic rings. The van der Waals surface area contributed by atoms with Gasteiger partial charge < -0.3 is 10.1 Å². The molecule has 8 heteroatoms. The maximum atomic E-state index is 12.4. The lowest BCUT2D eigenvalue weighted by atomic mass is 10.3. The number of hydrogen-bond donors (Lipinski definition) is 1. The van der Waals surface area contributed by atoms with Crippen molar-refractivity contribution >= 4 is 33.2 Å². The van der Waals surface area contributed by atoms with E-state index in [0.29, 0.717) is 16.5 Å². The van der Waals surface area contributed by atoms with Crippen molar-refractivity contribution in [1.82, 2.24) is 4.31 Å². The topological polar surface area (TPSA) is 75.7 Å². The van der Waals surface area contributed by atoms with Gasteiger partial charge in [-0.3, -0.25) is 4.79 Å². The van der Waals surface area contributed by atoms with Gasteiger partial charge in [-0.25, -0.2) is 8.42 Å². The smallest absolute Gasteiger partial charge is 0.243 e. The summed E-state index contributed by atoms with van der Waals surface area (Å²) in [4.78, 5) is 12.2. The first kappa shape index (κ1) is 18.3. The van der Waals surface area contributed by atoms with E-state index in [4.69, 9.17) is 16.3 Å². The fourth-order valence-electron chi connectivity index (χ4n) is 2.01. The first-order valence-corrected chi connectivity index (χ1v) is 8.81. The second-order valence-corrected chi connectivity index (χ2v) is 7.44. The molecule has 24 heavy (non-hydrogen) atoms. The Labute approximate surface area is 146 Å². The van der Waals surface area contributed by atoms with Gasteiger partial charge in [-0.2, -0.15) is 4.31 Å². The molecule has 1 N–H and O–H groups in total. The van der Waals surface area contributed by atoms with Gasteiger partial charge in [-0.15, -0.1) is 0 Å². The average Bonchev–Trinajstić information content (AvgIpc) is 2.55. The highest BCUT2D eigenvalue weighted by molar-refractivity contribution is 7.89. The number of para-hydroxylation sites is 2. The van der Waals surface area contributed by atoms with Crippen LogP contribution in [0.4, 0.5) is 5.69 Å². The van der Waals surface area contributed by atoms with Crippen LogP contribution in [0.15, 0.2) is 53.4 Å². The number of ether oxygens (including phenoxy) is 1. The summed E-state index contributed by atoms with van der Waals surface area (Å²) in [5.74, 6) is 0.0219. The molecule has 1 amide bonds. The molecule has 0 fully saturated rings. The molecule has 0 heterocycles. The van der Waals surface area contributed by atoms with Gasteiger partial charge in [0, 0.05) is 12.1 Å². The second-order valence-electron chi connectivity index (χ2n) is 4.96. The van der Waals surface area contributed by atoms with E-state index in [0.717, 1.165) is 4.31 Å². The van der Waals surface area contributed by atoms with E-state index in [1.807, 2.05) is 0 Å². The van der Waals surface area contributed by atoms with Crippen LogP contribution in [0.1, 0.15) is 0 Å². The number of amides is 1. The van der Waals surface area contributed by atoms with Gasteiger partial charge in [0.15, 0.2) is 0 Å². The molecule has 0 aliphatic carbocycles. The predicted octanol–water partition coefficient (Wildman–Crippen LogP) is 2.61. The molecule has 0 unspecified atom stereocenters. The fraction of sp³-hybridized carbons (Fsp3) is 0.188. The zero-order valence-electron chi connectivity index (χ0n) is 13.2. The van der Waals surface area contributed by atoms with E-state index >= 15 is 0 Å². The number of halogens is 1. The Kier molecular flexibility index (Phi) is 5.82. The number of anilines is 1. The summed E-state index contributed by atoms with van der Waals surface area (Å²) >= 11 is 5.76. The third-order valence-electron chi connectivity index (χ3n) is 3.27. The van der Waals surface area contributed by atoms with Crippen LogP contribution in [0.5, 0.6) is 5.75 Å². The molecule has 0 saturated carbocycles. The van der Waals surface area contributed by atoms with Crippen molar-refractivity contribution in [3.63, 3.8) is 0 Å². The molecule has 0 saturated heterocycles. The van der Waals surface area contributed by atoms with Crippen molar-refractivity contribution in [2.24, 2.45) is 0 Å². The lowest BCUT2D eigenvalue weighted by Crippen LogP contribution is -2.35. The van der Waals surface area contributed by atoms with E-state index in [2.05, 4.69) is 5.32 Å². The molecular formula is C16H17ClN2O4S. The van der Waals surface area contributed by atoms with Gasteiger partial charge in [0.05, 0.1) is 24.2 Å². The number of rotatable bonds is 6. The first-order valence-electron chi connectivity index (χ1n) is 6.99. The van der Waals surface area contributed by atoms with Crippen molar-refractivity contribution in [2.75, 3.05) is 26.0 Å². The van der Waals surface area contributed by atoms with Crippen LogP contribution >= 0.6 is 11.6 Å². The Balaban J connectivity index is 2.09. The van der Waals surface area contributed by atoms with Crippen LogP contribution in [0.2, 0.25) is 5.02 Å². The van der Waals surface area contributed by atoms with Crippen molar-refractivity contribution < 1.29 is 17.9 Å². The molecule has 2 aromatic carbocycles. The van der Waals surface area contributed by atoms with Crippen LogP contribution in [-0.4, -0.2) is 39.3 Å². The Morgan fingerprint density at radius 3 is 2.42 bits per heavy atom. The molecule has 128 valence electrons. The van der Waals surface area contributed by atoms with Crippen LogP contribution in [0, 0.1) is 0 Å². The maximum absolute atomic E-state index is 12.4. The zero-order valence-corrected chi connectivity index (χ0v) is 14.8. The maximum Gasteiger partial charge on any atom is 0.243 e. The van der Waals surface area contributed by atoms with E-state index < -0.39 is 15.9 Å². The van der Waals surface area contributed by atoms with E-state index in [1.54, 1.807) is 24.3 Å². The molecule has 0 bridgehead atoms. The summed E-state index contributed by atoms with van der Waals surface area (Å²) in [5, 5.41) is 3.07. The Bertz CT molecular complexity index is 822. The van der Waals surface area contributed by atoms with Gasteiger partial charge in [0.25, 0.3) is 0 Å². The van der Waals surface area contributed by atoms with Gasteiger partial charge in [-0.05, 0) is 36.4 Å². The fourth-order valence-corrected chi connectivity index (χ4v) is 3.26. The van der Waals surface area contributed by atoms with Crippen molar-refractivity contribution in [3.05, 3.63) is 53.6 Å². The third-order valence-corrected chi connectivity index (χ3v) is 5.34. The van der Waals surface area contributed by atoms with Gasteiger partial charge in [0.1, 0.15) is 5.75 Å². The Morgan fingerprint density at radius 2 is 1.79 bits per heavy atom. The van der Waals surface area contributed by atoms with Crippen LogP contribution in [-0.2, 0) is 14.8 Å². The highest BCUT2D eigenvalue weighted by Crippen LogP contribution is 2.23. The number of methoxy groups -OCH3 is 1. The van der Waals surface area contributed by atoms with E-state index in [9.17, 15) is 13.2 Å². The number of likely N-dealkylation sites (N-methyl/N-ethyl adjacent to an activating group) is 1. The average molecular weight is 369 g/mol. The Morgan fingerprint density at radius 1 is 1.17 bits per heavy atom. The SMILES string of the molecule is COc1ccccc1NC(=O)CN(C)S(=O)(=O)c1ccc(Cl)cc1. The molecule has 0 radical (unpaired) electrons. The molecule has 0 spiro atoms. The summed E-state index contributed by atoms with van der Waals surface area (Å²) in [6.45, 7) is -0.330. The normalized spacial score (nSPS) is 11.3. The minimum Gasteiger partial charge on any atom is -0.495 e. The monoisotopic (exact) mass is 368 g/mol. The number of nitrogens with zero attached hydrogens (tertiary/aromatic N) is 1. The quantitative estimate of drug-likeness (QED) is 0.850. The lowest BCUT2D eigenvalue weighted by molar-refractivity contribution is -0.116.